The van der Waals surface area contributed by atoms with E-state index in [4.69, 9.17) is 0 Å². The molecule has 3 rings (SSSR count). The maximum absolute atomic E-state index is 14.8. The molecule has 12 heteroatoms. The van der Waals surface area contributed by atoms with Crippen molar-refractivity contribution in [3.8, 4) is 5.75 Å². The molecular weight excluding hydrogens is 450 g/mol. The van der Waals surface area contributed by atoms with Crippen molar-refractivity contribution in [2.45, 2.75) is 11.5 Å². The Balaban J connectivity index is 1.70. The quantitative estimate of drug-likeness (QED) is 0.240. The molecule has 0 aliphatic carbocycles. The smallest absolute Gasteiger partial charge is 0.387 e. The molecule has 32 heavy (non-hydrogen) atoms. The number of benzene rings is 2. The largest absolute Gasteiger partial charge is 0.435 e. The fourth-order valence-electron chi connectivity index (χ4n) is 2.42. The molecule has 0 aliphatic heterocycles. The van der Waals surface area contributed by atoms with E-state index >= 15 is 0 Å². The van der Waals surface area contributed by atoms with E-state index < -0.39 is 29.8 Å². The number of pyridine rings is 1. The van der Waals surface area contributed by atoms with Gasteiger partial charge in [-0.3, -0.25) is 4.79 Å². The summed E-state index contributed by atoms with van der Waals surface area (Å²) in [6.07, 6.45) is 1.20. The molecule has 0 saturated carbocycles. The van der Waals surface area contributed by atoms with Crippen molar-refractivity contribution in [2.24, 2.45) is 10.2 Å². The fraction of sp³-hybridized carbons (Fsp3) is 0.100. The summed E-state index contributed by atoms with van der Waals surface area (Å²) < 4.78 is 60.3. The van der Waals surface area contributed by atoms with Gasteiger partial charge in [0.15, 0.2) is 11.6 Å². The molecule has 1 aromatic heterocycles. The zero-order valence-corrected chi connectivity index (χ0v) is 17.2. The molecular formula is C20H15F4N5O2S. The number of aromatic nitrogens is 1. The van der Waals surface area contributed by atoms with Gasteiger partial charge < -0.3 is 14.8 Å². The average Bonchev–Trinajstić information content (AvgIpc) is 2.77. The predicted octanol–water partition coefficient (Wildman–Crippen LogP) is 6.05. The highest BCUT2D eigenvalue weighted by Crippen LogP contribution is 2.30. The number of azo groups is 1. The molecule has 2 N–H and O–H groups in total. The molecule has 1 heterocycles. The number of hydrogen-bond acceptors (Lipinski definition) is 7. The highest BCUT2D eigenvalue weighted by atomic mass is 32.2. The normalized spacial score (nSPS) is 11.1. The van der Waals surface area contributed by atoms with Gasteiger partial charge in [-0.25, -0.2) is 13.8 Å². The zero-order valence-electron chi connectivity index (χ0n) is 16.4. The summed E-state index contributed by atoms with van der Waals surface area (Å²) in [6.45, 7) is -2.94. The molecule has 0 spiro atoms. The fourth-order valence-corrected chi connectivity index (χ4v) is 3.07. The standard InChI is InChI=1S/C20H15F4N5O2S/c1-25-28-16-9-2-11(10-26-16)19(30)27-18-14(21)7-8-15(17(18)22)29-32-13-5-3-12(4-6-13)31-20(23)24/h2-10,20,29H,1H3,(H,27,30). The number of alkyl halides is 2. The van der Waals surface area contributed by atoms with Crippen LogP contribution in [0.5, 0.6) is 5.75 Å². The van der Waals surface area contributed by atoms with Crippen molar-refractivity contribution >= 4 is 35.0 Å². The number of nitrogens with one attached hydrogen (secondary N) is 2. The number of nitrogens with zero attached hydrogens (tertiary/aromatic N) is 3. The number of amides is 1. The third-order valence-corrected chi connectivity index (χ3v) is 4.70. The predicted molar refractivity (Wildman–Crippen MR) is 112 cm³/mol. The first-order chi connectivity index (χ1) is 15.4. The molecule has 3 aromatic rings. The number of hydrogen-bond donors (Lipinski definition) is 2. The first-order valence-corrected chi connectivity index (χ1v) is 9.72. The van der Waals surface area contributed by atoms with E-state index in [1.165, 1.54) is 49.6 Å². The van der Waals surface area contributed by atoms with Crippen LogP contribution < -0.4 is 14.8 Å². The molecule has 0 bridgehead atoms. The number of carbonyl (C=O) groups is 1. The van der Waals surface area contributed by atoms with Gasteiger partial charge >= 0.3 is 6.61 Å². The number of anilines is 2. The molecule has 7 nitrogen and oxygen atoms in total. The number of halogens is 4. The van der Waals surface area contributed by atoms with Crippen molar-refractivity contribution in [3.05, 3.63) is 71.9 Å². The van der Waals surface area contributed by atoms with Crippen molar-refractivity contribution in [2.75, 3.05) is 17.1 Å². The van der Waals surface area contributed by atoms with E-state index in [1.54, 1.807) is 0 Å². The Labute approximate surface area is 184 Å². The molecule has 0 atom stereocenters. The lowest BCUT2D eigenvalue weighted by atomic mass is 10.2. The number of rotatable bonds is 8. The second-order valence-corrected chi connectivity index (χ2v) is 6.88. The van der Waals surface area contributed by atoms with Gasteiger partial charge in [0.25, 0.3) is 5.91 Å². The Kier molecular flexibility index (Phi) is 7.60. The van der Waals surface area contributed by atoms with Crippen LogP contribution >= 0.6 is 11.9 Å². The molecule has 0 fully saturated rings. The molecule has 2 aromatic carbocycles. The van der Waals surface area contributed by atoms with Gasteiger partial charge in [0.2, 0.25) is 0 Å². The van der Waals surface area contributed by atoms with Crippen LogP contribution in [0.4, 0.5) is 34.8 Å². The summed E-state index contributed by atoms with van der Waals surface area (Å²) in [7, 11) is 1.46. The monoisotopic (exact) mass is 465 g/mol. The topological polar surface area (TPSA) is 88.0 Å². The first kappa shape index (κ1) is 23.0. The average molecular weight is 465 g/mol. The third kappa shape index (κ3) is 5.94. The Morgan fingerprint density at radius 1 is 1.09 bits per heavy atom. The van der Waals surface area contributed by atoms with E-state index in [0.29, 0.717) is 4.90 Å². The van der Waals surface area contributed by atoms with E-state index in [0.717, 1.165) is 24.1 Å². The molecule has 0 aliphatic rings. The summed E-state index contributed by atoms with van der Waals surface area (Å²) >= 11 is 0.954. The minimum absolute atomic E-state index is 0.0254. The van der Waals surface area contributed by atoms with Gasteiger partial charge in [-0.1, -0.05) is 0 Å². The van der Waals surface area contributed by atoms with Gasteiger partial charge in [-0.15, -0.1) is 5.11 Å². The van der Waals surface area contributed by atoms with Crippen LogP contribution in [-0.4, -0.2) is 24.6 Å². The number of ether oxygens (including phenoxy) is 1. The highest BCUT2D eigenvalue weighted by Gasteiger charge is 2.18. The van der Waals surface area contributed by atoms with E-state index in [1.807, 2.05) is 0 Å². The lowest BCUT2D eigenvalue weighted by Gasteiger charge is -2.12. The summed E-state index contributed by atoms with van der Waals surface area (Å²) in [5.41, 5.74) is -0.673. The second-order valence-electron chi connectivity index (χ2n) is 6.00. The molecule has 0 radical (unpaired) electrons. The molecule has 1 amide bonds. The van der Waals surface area contributed by atoms with Gasteiger partial charge in [0.1, 0.15) is 17.3 Å². The Morgan fingerprint density at radius 2 is 1.84 bits per heavy atom. The molecule has 166 valence electrons. The Hall–Kier alpha value is -3.67. The SMILES string of the molecule is CN=Nc1ccc(C(=O)Nc2c(F)ccc(NSc3ccc(OC(F)F)cc3)c2F)cn1. The van der Waals surface area contributed by atoms with Crippen LogP contribution in [0, 0.1) is 11.6 Å². The minimum Gasteiger partial charge on any atom is -0.435 e. The molecule has 0 unspecified atom stereocenters. The van der Waals surface area contributed by atoms with Crippen molar-refractivity contribution < 1.29 is 27.1 Å². The van der Waals surface area contributed by atoms with E-state index in [2.05, 4.69) is 30.0 Å². The third-order valence-electron chi connectivity index (χ3n) is 3.87. The summed E-state index contributed by atoms with van der Waals surface area (Å²) in [4.78, 5) is 16.8. The van der Waals surface area contributed by atoms with Gasteiger partial charge in [0, 0.05) is 18.1 Å². The van der Waals surface area contributed by atoms with Gasteiger partial charge in [-0.05, 0) is 60.5 Å². The molecule has 0 saturated heterocycles. The minimum atomic E-state index is -2.94. The highest BCUT2D eigenvalue weighted by molar-refractivity contribution is 8.00. The van der Waals surface area contributed by atoms with E-state index in [9.17, 15) is 22.4 Å². The summed E-state index contributed by atoms with van der Waals surface area (Å²) in [6, 6.07) is 10.6. The van der Waals surface area contributed by atoms with Crippen LogP contribution in [0.25, 0.3) is 0 Å². The second kappa shape index (κ2) is 10.6. The number of carbonyl (C=O) groups excluding carboxylic acids is 1. The summed E-state index contributed by atoms with van der Waals surface area (Å²) in [5.74, 6) is -2.51. The lowest BCUT2D eigenvalue weighted by Crippen LogP contribution is -2.15. The van der Waals surface area contributed by atoms with Gasteiger partial charge in [0.05, 0.1) is 11.3 Å². The van der Waals surface area contributed by atoms with Crippen molar-refractivity contribution in [3.63, 3.8) is 0 Å². The Morgan fingerprint density at radius 3 is 2.47 bits per heavy atom. The maximum Gasteiger partial charge on any atom is 0.387 e. The van der Waals surface area contributed by atoms with Crippen LogP contribution in [0.15, 0.2) is 69.9 Å². The van der Waals surface area contributed by atoms with Crippen molar-refractivity contribution in [1.82, 2.24) is 4.98 Å². The van der Waals surface area contributed by atoms with Crippen LogP contribution in [0.3, 0.4) is 0 Å². The van der Waals surface area contributed by atoms with E-state index in [-0.39, 0.29) is 22.8 Å². The van der Waals surface area contributed by atoms with Crippen LogP contribution in [0.1, 0.15) is 10.4 Å². The van der Waals surface area contributed by atoms with Crippen LogP contribution in [-0.2, 0) is 0 Å². The van der Waals surface area contributed by atoms with Crippen molar-refractivity contribution in [1.29, 1.82) is 0 Å². The van der Waals surface area contributed by atoms with Gasteiger partial charge in [-0.2, -0.15) is 13.9 Å². The lowest BCUT2D eigenvalue weighted by molar-refractivity contribution is -0.0498. The summed E-state index contributed by atoms with van der Waals surface area (Å²) in [5, 5.41) is 9.45. The Bertz CT molecular complexity index is 1110. The first-order valence-electron chi connectivity index (χ1n) is 8.90. The van der Waals surface area contributed by atoms with Crippen LogP contribution in [0.2, 0.25) is 0 Å². The zero-order chi connectivity index (χ0) is 23.1. The maximum atomic E-state index is 14.8.